The average Bonchev–Trinajstić information content (AvgIpc) is 2.99. The third kappa shape index (κ3) is 4.81. The van der Waals surface area contributed by atoms with Gasteiger partial charge in [0.05, 0.1) is 0 Å². The van der Waals surface area contributed by atoms with Crippen molar-refractivity contribution in [3.8, 4) is 0 Å². The number of anilines is 1. The normalized spacial score (nSPS) is 20.3. The maximum atomic E-state index is 12.7. The fourth-order valence-corrected chi connectivity index (χ4v) is 3.30. The molecule has 0 saturated carbocycles. The van der Waals surface area contributed by atoms with E-state index in [0.29, 0.717) is 6.42 Å². The Morgan fingerprint density at radius 1 is 1.16 bits per heavy atom. The molecule has 138 valence electrons. The van der Waals surface area contributed by atoms with Crippen molar-refractivity contribution in [1.82, 2.24) is 19.8 Å². The molecule has 25 heavy (non-hydrogen) atoms. The van der Waals surface area contributed by atoms with Crippen LogP contribution in [0.1, 0.15) is 31.4 Å². The second-order valence-corrected chi connectivity index (χ2v) is 6.53. The molecule has 2 saturated heterocycles. The summed E-state index contributed by atoms with van der Waals surface area (Å²) in [5, 5.41) is 3.08. The molecular formula is C16H22F3N5O. The lowest BCUT2D eigenvalue weighted by atomic mass is 10.1. The number of aromatic nitrogens is 2. The highest BCUT2D eigenvalue weighted by Crippen LogP contribution is 2.28. The summed E-state index contributed by atoms with van der Waals surface area (Å²) in [6.07, 6.45) is -0.254. The van der Waals surface area contributed by atoms with E-state index in [1.807, 2.05) is 4.90 Å². The van der Waals surface area contributed by atoms with Crippen molar-refractivity contribution in [1.29, 1.82) is 0 Å². The van der Waals surface area contributed by atoms with Gasteiger partial charge in [-0.2, -0.15) is 13.2 Å². The largest absolute Gasteiger partial charge is 0.433 e. The fourth-order valence-electron chi connectivity index (χ4n) is 3.30. The lowest BCUT2D eigenvalue weighted by Gasteiger charge is -2.33. The maximum absolute atomic E-state index is 12.7. The molecule has 3 heterocycles. The van der Waals surface area contributed by atoms with Gasteiger partial charge in [-0.05, 0) is 19.3 Å². The number of halogens is 3. The second-order valence-electron chi connectivity index (χ2n) is 6.53. The van der Waals surface area contributed by atoms with Crippen LogP contribution in [-0.2, 0) is 11.0 Å². The number of amides is 1. The van der Waals surface area contributed by atoms with Crippen LogP contribution in [0.25, 0.3) is 0 Å². The highest BCUT2D eigenvalue weighted by Gasteiger charge is 2.33. The van der Waals surface area contributed by atoms with Gasteiger partial charge >= 0.3 is 6.18 Å². The van der Waals surface area contributed by atoms with Crippen LogP contribution < -0.4 is 5.32 Å². The first-order valence-corrected chi connectivity index (χ1v) is 8.58. The first kappa shape index (κ1) is 17.9. The first-order valence-electron chi connectivity index (χ1n) is 8.58. The van der Waals surface area contributed by atoms with Gasteiger partial charge < -0.3 is 15.1 Å². The van der Waals surface area contributed by atoms with Crippen molar-refractivity contribution in [3.05, 3.63) is 18.1 Å². The van der Waals surface area contributed by atoms with Crippen molar-refractivity contribution in [3.63, 3.8) is 0 Å². The number of likely N-dealkylation sites (tertiary alicyclic amines) is 2. The van der Waals surface area contributed by atoms with Gasteiger partial charge in [-0.15, -0.1) is 0 Å². The zero-order chi connectivity index (χ0) is 17.9. The van der Waals surface area contributed by atoms with Crippen LogP contribution in [-0.4, -0.2) is 64.4 Å². The molecule has 0 bridgehead atoms. The zero-order valence-electron chi connectivity index (χ0n) is 13.9. The first-order chi connectivity index (χ1) is 11.9. The standard InChI is InChI=1S/C16H22F3N5O/c17-16(18,19)13-10-14(21-11-20-13)22-12-3-6-23(7-4-12)8-9-24-5-1-2-15(24)25/h10-12H,1-9H2,(H,20,21,22). The summed E-state index contributed by atoms with van der Waals surface area (Å²) in [7, 11) is 0. The predicted molar refractivity (Wildman–Crippen MR) is 85.9 cm³/mol. The minimum absolute atomic E-state index is 0.0978. The molecule has 1 N–H and O–H groups in total. The molecule has 0 radical (unpaired) electrons. The summed E-state index contributed by atoms with van der Waals surface area (Å²) in [4.78, 5) is 23.0. The Balaban J connectivity index is 1.44. The Hall–Kier alpha value is -1.90. The molecule has 0 spiro atoms. The number of nitrogens with zero attached hydrogens (tertiary/aromatic N) is 4. The topological polar surface area (TPSA) is 61.4 Å². The molecule has 0 aromatic carbocycles. The number of alkyl halides is 3. The van der Waals surface area contributed by atoms with Gasteiger partial charge in [-0.25, -0.2) is 9.97 Å². The molecule has 2 aliphatic rings. The van der Waals surface area contributed by atoms with Crippen molar-refractivity contribution < 1.29 is 18.0 Å². The molecular weight excluding hydrogens is 335 g/mol. The molecule has 2 fully saturated rings. The minimum atomic E-state index is -4.46. The molecule has 1 amide bonds. The monoisotopic (exact) mass is 357 g/mol. The molecule has 0 aliphatic carbocycles. The van der Waals surface area contributed by atoms with Crippen LogP contribution >= 0.6 is 0 Å². The second kappa shape index (κ2) is 7.55. The third-order valence-corrected chi connectivity index (χ3v) is 4.75. The Morgan fingerprint density at radius 3 is 2.56 bits per heavy atom. The average molecular weight is 357 g/mol. The summed E-state index contributed by atoms with van der Waals surface area (Å²) in [6.45, 7) is 4.18. The van der Waals surface area contributed by atoms with Crippen LogP contribution in [0.3, 0.4) is 0 Å². The summed E-state index contributed by atoms with van der Waals surface area (Å²) >= 11 is 0. The number of carbonyl (C=O) groups is 1. The van der Waals surface area contributed by atoms with E-state index in [9.17, 15) is 18.0 Å². The molecule has 3 rings (SSSR count). The predicted octanol–water partition coefficient (Wildman–Crippen LogP) is 1.99. The Morgan fingerprint density at radius 2 is 1.92 bits per heavy atom. The summed E-state index contributed by atoms with van der Waals surface area (Å²) in [6, 6.07) is 1.05. The Labute approximate surface area is 144 Å². The number of hydrogen-bond acceptors (Lipinski definition) is 5. The van der Waals surface area contributed by atoms with E-state index in [1.54, 1.807) is 0 Å². The lowest BCUT2D eigenvalue weighted by molar-refractivity contribution is -0.141. The van der Waals surface area contributed by atoms with Gasteiger partial charge in [0.15, 0.2) is 0 Å². The van der Waals surface area contributed by atoms with Crippen LogP contribution in [0.15, 0.2) is 12.4 Å². The summed E-state index contributed by atoms with van der Waals surface area (Å²) in [5.74, 6) is 0.448. The van der Waals surface area contributed by atoms with E-state index in [1.165, 1.54) is 0 Å². The summed E-state index contributed by atoms with van der Waals surface area (Å²) < 4.78 is 38.1. The molecule has 2 aliphatic heterocycles. The maximum Gasteiger partial charge on any atom is 0.433 e. The summed E-state index contributed by atoms with van der Waals surface area (Å²) in [5.41, 5.74) is -0.933. The Bertz CT molecular complexity index is 602. The van der Waals surface area contributed by atoms with E-state index >= 15 is 0 Å². The van der Waals surface area contributed by atoms with Gasteiger partial charge in [0.25, 0.3) is 0 Å². The highest BCUT2D eigenvalue weighted by molar-refractivity contribution is 5.78. The molecule has 9 heteroatoms. The van der Waals surface area contributed by atoms with E-state index in [2.05, 4.69) is 20.2 Å². The van der Waals surface area contributed by atoms with Gasteiger partial charge in [-0.3, -0.25) is 4.79 Å². The van der Waals surface area contributed by atoms with E-state index in [0.717, 1.165) is 64.4 Å². The number of carbonyl (C=O) groups excluding carboxylic acids is 1. The van der Waals surface area contributed by atoms with Crippen molar-refractivity contribution in [2.24, 2.45) is 0 Å². The van der Waals surface area contributed by atoms with E-state index in [4.69, 9.17) is 0 Å². The van der Waals surface area contributed by atoms with Crippen LogP contribution in [0.5, 0.6) is 0 Å². The SMILES string of the molecule is O=C1CCCN1CCN1CCC(Nc2cc(C(F)(F)F)ncn2)CC1. The molecule has 1 aromatic heterocycles. The highest BCUT2D eigenvalue weighted by atomic mass is 19.4. The Kier molecular flexibility index (Phi) is 5.41. The van der Waals surface area contributed by atoms with Crippen molar-refractivity contribution in [2.75, 3.05) is 38.0 Å². The number of piperidine rings is 1. The van der Waals surface area contributed by atoms with Crippen LogP contribution in [0, 0.1) is 0 Å². The van der Waals surface area contributed by atoms with Gasteiger partial charge in [-0.1, -0.05) is 0 Å². The minimum Gasteiger partial charge on any atom is -0.367 e. The number of hydrogen-bond donors (Lipinski definition) is 1. The third-order valence-electron chi connectivity index (χ3n) is 4.75. The molecule has 0 unspecified atom stereocenters. The molecule has 1 aromatic rings. The zero-order valence-corrected chi connectivity index (χ0v) is 13.9. The fraction of sp³-hybridized carbons (Fsp3) is 0.688. The van der Waals surface area contributed by atoms with Gasteiger partial charge in [0.2, 0.25) is 5.91 Å². The number of rotatable bonds is 5. The van der Waals surface area contributed by atoms with Gasteiger partial charge in [0, 0.05) is 51.3 Å². The lowest BCUT2D eigenvalue weighted by Crippen LogP contribution is -2.43. The van der Waals surface area contributed by atoms with E-state index < -0.39 is 11.9 Å². The quantitative estimate of drug-likeness (QED) is 0.873. The smallest absolute Gasteiger partial charge is 0.367 e. The molecule has 0 atom stereocenters. The van der Waals surface area contributed by atoms with E-state index in [-0.39, 0.29) is 17.8 Å². The van der Waals surface area contributed by atoms with Crippen LogP contribution in [0.4, 0.5) is 19.0 Å². The number of nitrogens with one attached hydrogen (secondary N) is 1. The van der Waals surface area contributed by atoms with Crippen molar-refractivity contribution in [2.45, 2.75) is 37.9 Å². The van der Waals surface area contributed by atoms with Crippen LogP contribution in [0.2, 0.25) is 0 Å². The van der Waals surface area contributed by atoms with Gasteiger partial charge in [0.1, 0.15) is 17.8 Å². The molecule has 6 nitrogen and oxygen atoms in total. The van der Waals surface area contributed by atoms with Crippen molar-refractivity contribution >= 4 is 11.7 Å².